The molecule has 0 saturated heterocycles. The second-order valence-electron chi connectivity index (χ2n) is 5.36. The van der Waals surface area contributed by atoms with Gasteiger partial charge in [0.05, 0.1) is 23.8 Å². The smallest absolute Gasteiger partial charge is 0.0549 e. The van der Waals surface area contributed by atoms with E-state index in [0.29, 0.717) is 6.04 Å². The van der Waals surface area contributed by atoms with Crippen molar-refractivity contribution < 1.29 is 0 Å². The number of aromatic nitrogens is 1. The Morgan fingerprint density at radius 3 is 2.56 bits per heavy atom. The minimum atomic E-state index is 0.631. The largest absolute Gasteiger partial charge is 0.387 e. The maximum absolute atomic E-state index is 4.24. The van der Waals surface area contributed by atoms with Crippen LogP contribution in [0.3, 0.4) is 0 Å². The van der Waals surface area contributed by atoms with Gasteiger partial charge in [0.25, 0.3) is 0 Å². The molecule has 0 atom stereocenters. The molecule has 1 heterocycles. The third-order valence-corrected chi connectivity index (χ3v) is 3.94. The second kappa shape index (κ2) is 6.62. The normalized spacial score (nSPS) is 23.7. The van der Waals surface area contributed by atoms with Crippen LogP contribution in [0, 0.1) is 5.92 Å². The molecule has 18 heavy (non-hydrogen) atoms. The zero-order chi connectivity index (χ0) is 12.8. The number of nitrogens with zero attached hydrogens (tertiary/aromatic N) is 1. The predicted octanol–water partition coefficient (Wildman–Crippen LogP) is 3.89. The van der Waals surface area contributed by atoms with Gasteiger partial charge in [-0.2, -0.15) is 0 Å². The van der Waals surface area contributed by atoms with Crippen molar-refractivity contribution in [3.05, 3.63) is 18.5 Å². The molecule has 0 bridgehead atoms. The summed E-state index contributed by atoms with van der Waals surface area (Å²) in [5.41, 5.74) is 2.21. The molecule has 1 aliphatic carbocycles. The average Bonchev–Trinajstić information content (AvgIpc) is 2.42. The first-order valence-corrected chi connectivity index (χ1v) is 7.21. The molecular formula is C15H25N3. The summed E-state index contributed by atoms with van der Waals surface area (Å²) in [6.07, 6.45) is 11.9. The summed E-state index contributed by atoms with van der Waals surface area (Å²) in [5, 5.41) is 6.74. The van der Waals surface area contributed by atoms with Gasteiger partial charge in [-0.15, -0.1) is 0 Å². The maximum atomic E-state index is 4.24. The lowest BCUT2D eigenvalue weighted by atomic mass is 9.83. The summed E-state index contributed by atoms with van der Waals surface area (Å²) in [7, 11) is 1.93. The van der Waals surface area contributed by atoms with E-state index in [0.717, 1.165) is 17.3 Å². The monoisotopic (exact) mass is 247 g/mol. The Bertz CT molecular complexity index is 357. The van der Waals surface area contributed by atoms with Gasteiger partial charge in [-0.25, -0.2) is 0 Å². The molecule has 0 aliphatic heterocycles. The summed E-state index contributed by atoms with van der Waals surface area (Å²) < 4.78 is 0. The highest BCUT2D eigenvalue weighted by Crippen LogP contribution is 2.29. The Morgan fingerprint density at radius 2 is 1.89 bits per heavy atom. The summed E-state index contributed by atoms with van der Waals surface area (Å²) in [6.45, 7) is 2.29. The Hall–Kier alpha value is -1.25. The fourth-order valence-corrected chi connectivity index (χ4v) is 2.90. The average molecular weight is 247 g/mol. The lowest BCUT2D eigenvalue weighted by Gasteiger charge is -2.29. The molecular weight excluding hydrogens is 222 g/mol. The molecule has 3 heteroatoms. The van der Waals surface area contributed by atoms with Gasteiger partial charge in [0.2, 0.25) is 0 Å². The summed E-state index contributed by atoms with van der Waals surface area (Å²) >= 11 is 0. The number of anilines is 2. The van der Waals surface area contributed by atoms with E-state index in [1.165, 1.54) is 38.5 Å². The van der Waals surface area contributed by atoms with E-state index in [2.05, 4.69) is 28.6 Å². The molecule has 0 unspecified atom stereocenters. The van der Waals surface area contributed by atoms with Crippen molar-refractivity contribution >= 4 is 11.4 Å². The van der Waals surface area contributed by atoms with Crippen molar-refractivity contribution in [3.63, 3.8) is 0 Å². The first-order chi connectivity index (χ1) is 8.81. The maximum Gasteiger partial charge on any atom is 0.0549 e. The van der Waals surface area contributed by atoms with Crippen molar-refractivity contribution in [3.8, 4) is 0 Å². The third kappa shape index (κ3) is 3.62. The topological polar surface area (TPSA) is 37.0 Å². The van der Waals surface area contributed by atoms with Gasteiger partial charge in [0.15, 0.2) is 0 Å². The van der Waals surface area contributed by atoms with Crippen LogP contribution in [0.25, 0.3) is 0 Å². The number of hydrogen-bond acceptors (Lipinski definition) is 3. The number of nitrogens with one attached hydrogen (secondary N) is 2. The third-order valence-electron chi connectivity index (χ3n) is 3.94. The molecule has 2 rings (SSSR count). The van der Waals surface area contributed by atoms with Gasteiger partial charge in [0, 0.05) is 13.1 Å². The first-order valence-electron chi connectivity index (χ1n) is 7.21. The number of rotatable bonds is 5. The van der Waals surface area contributed by atoms with Crippen molar-refractivity contribution in [2.75, 3.05) is 17.7 Å². The van der Waals surface area contributed by atoms with Gasteiger partial charge >= 0.3 is 0 Å². The van der Waals surface area contributed by atoms with Crippen molar-refractivity contribution in [2.24, 2.45) is 5.92 Å². The molecule has 1 fully saturated rings. The highest BCUT2D eigenvalue weighted by atomic mass is 14.9. The van der Waals surface area contributed by atoms with E-state index < -0.39 is 0 Å². The zero-order valence-corrected chi connectivity index (χ0v) is 11.6. The van der Waals surface area contributed by atoms with Crippen molar-refractivity contribution in [2.45, 2.75) is 51.5 Å². The van der Waals surface area contributed by atoms with Crippen LogP contribution in [-0.4, -0.2) is 18.1 Å². The van der Waals surface area contributed by atoms with Crippen LogP contribution in [0.5, 0.6) is 0 Å². The molecule has 1 aromatic rings. The van der Waals surface area contributed by atoms with E-state index in [4.69, 9.17) is 0 Å². The fraction of sp³-hybridized carbons (Fsp3) is 0.667. The number of pyridine rings is 1. The SMILES string of the molecule is CCCC1CCC(Nc2cncc(NC)c2)CC1. The van der Waals surface area contributed by atoms with E-state index in [1.807, 2.05) is 19.4 Å². The summed E-state index contributed by atoms with van der Waals surface area (Å²) in [4.78, 5) is 4.24. The fourth-order valence-electron chi connectivity index (χ4n) is 2.90. The number of hydrogen-bond donors (Lipinski definition) is 2. The van der Waals surface area contributed by atoms with Gasteiger partial charge in [-0.3, -0.25) is 4.98 Å². The Kier molecular flexibility index (Phi) is 4.85. The molecule has 2 N–H and O–H groups in total. The van der Waals surface area contributed by atoms with Gasteiger partial charge in [-0.1, -0.05) is 19.8 Å². The minimum Gasteiger partial charge on any atom is -0.387 e. The standard InChI is InChI=1S/C15H25N3/c1-3-4-12-5-7-13(8-6-12)18-15-9-14(16-2)10-17-11-15/h9-13,16,18H,3-8H2,1-2H3. The Balaban J connectivity index is 1.83. The van der Waals surface area contributed by atoms with E-state index >= 15 is 0 Å². The quantitative estimate of drug-likeness (QED) is 0.828. The lowest BCUT2D eigenvalue weighted by Crippen LogP contribution is -2.26. The predicted molar refractivity (Wildman–Crippen MR) is 78.1 cm³/mol. The van der Waals surface area contributed by atoms with Crippen LogP contribution in [0.4, 0.5) is 11.4 Å². The van der Waals surface area contributed by atoms with E-state index in [1.54, 1.807) is 0 Å². The first kappa shape index (κ1) is 13.2. The zero-order valence-electron chi connectivity index (χ0n) is 11.6. The van der Waals surface area contributed by atoms with Crippen LogP contribution in [0.15, 0.2) is 18.5 Å². The van der Waals surface area contributed by atoms with Crippen molar-refractivity contribution in [1.29, 1.82) is 0 Å². The van der Waals surface area contributed by atoms with Crippen molar-refractivity contribution in [1.82, 2.24) is 4.98 Å². The van der Waals surface area contributed by atoms with Gasteiger partial charge < -0.3 is 10.6 Å². The minimum absolute atomic E-state index is 0.631. The molecule has 1 saturated carbocycles. The van der Waals surface area contributed by atoms with Crippen LogP contribution >= 0.6 is 0 Å². The molecule has 100 valence electrons. The molecule has 0 aromatic carbocycles. The van der Waals surface area contributed by atoms with Crippen LogP contribution in [-0.2, 0) is 0 Å². The van der Waals surface area contributed by atoms with E-state index in [9.17, 15) is 0 Å². The molecule has 0 amide bonds. The second-order valence-corrected chi connectivity index (χ2v) is 5.36. The molecule has 3 nitrogen and oxygen atoms in total. The van der Waals surface area contributed by atoms with Crippen LogP contribution < -0.4 is 10.6 Å². The summed E-state index contributed by atoms with van der Waals surface area (Å²) in [5.74, 6) is 0.967. The molecule has 0 radical (unpaired) electrons. The van der Waals surface area contributed by atoms with E-state index in [-0.39, 0.29) is 0 Å². The van der Waals surface area contributed by atoms with Gasteiger partial charge in [-0.05, 0) is 37.7 Å². The highest BCUT2D eigenvalue weighted by Gasteiger charge is 2.20. The lowest BCUT2D eigenvalue weighted by molar-refractivity contribution is 0.319. The van der Waals surface area contributed by atoms with Gasteiger partial charge in [0.1, 0.15) is 0 Å². The molecule has 1 aromatic heterocycles. The Morgan fingerprint density at radius 1 is 1.17 bits per heavy atom. The van der Waals surface area contributed by atoms with Crippen LogP contribution in [0.1, 0.15) is 45.4 Å². The molecule has 0 spiro atoms. The van der Waals surface area contributed by atoms with Crippen LogP contribution in [0.2, 0.25) is 0 Å². The summed E-state index contributed by atoms with van der Waals surface area (Å²) in [6, 6.07) is 2.76. The molecule has 1 aliphatic rings. The Labute approximate surface area is 110 Å². The highest BCUT2D eigenvalue weighted by molar-refractivity contribution is 5.54.